The lowest BCUT2D eigenvalue weighted by Gasteiger charge is -2.23. The number of nitrogens with one attached hydrogen (secondary N) is 1. The fraction of sp³-hybridized carbons (Fsp3) is 0.409. The molecule has 0 aliphatic rings. The molecule has 2 aromatic heterocycles. The van der Waals surface area contributed by atoms with E-state index in [1.54, 1.807) is 12.5 Å². The minimum Gasteiger partial charge on any atom is -0.472 e. The number of carbonyl (C=O) groups excluding carboxylic acids is 1. The van der Waals surface area contributed by atoms with Crippen molar-refractivity contribution in [3.05, 3.63) is 48.4 Å². The second-order valence-corrected chi connectivity index (χ2v) is 10.0. The van der Waals surface area contributed by atoms with Crippen molar-refractivity contribution in [1.82, 2.24) is 14.8 Å². The molecule has 0 saturated carbocycles. The molecule has 0 unspecified atom stereocenters. The highest BCUT2D eigenvalue weighted by Crippen LogP contribution is 2.34. The summed E-state index contributed by atoms with van der Waals surface area (Å²) in [6.45, 7) is 13.0. The Kier molecular flexibility index (Phi) is 5.89. The summed E-state index contributed by atoms with van der Waals surface area (Å²) in [5.74, 6) is 0.652. The van der Waals surface area contributed by atoms with Gasteiger partial charge in [-0.05, 0) is 49.9 Å². The van der Waals surface area contributed by atoms with Crippen LogP contribution in [0.2, 0.25) is 0 Å². The van der Waals surface area contributed by atoms with Crippen molar-refractivity contribution in [2.24, 2.45) is 0 Å². The van der Waals surface area contributed by atoms with Crippen molar-refractivity contribution in [2.45, 2.75) is 63.4 Å². The van der Waals surface area contributed by atoms with Gasteiger partial charge in [0.05, 0.1) is 16.6 Å². The summed E-state index contributed by atoms with van der Waals surface area (Å²) < 4.78 is 6.42. The molecule has 1 aromatic carbocycles. The molecular weight excluding hydrogens is 384 g/mol. The van der Waals surface area contributed by atoms with E-state index in [0.717, 1.165) is 17.1 Å². The van der Waals surface area contributed by atoms with E-state index in [-0.39, 0.29) is 11.3 Å². The van der Waals surface area contributed by atoms with Crippen LogP contribution in [0.1, 0.15) is 47.1 Å². The smallest absolute Gasteiger partial charge is 0.240 e. The number of furan rings is 1. The summed E-state index contributed by atoms with van der Waals surface area (Å²) in [6.07, 6.45) is 3.25. The van der Waals surface area contributed by atoms with E-state index in [0.29, 0.717) is 11.7 Å². The summed E-state index contributed by atoms with van der Waals surface area (Å²) in [5, 5.41) is 12.3. The van der Waals surface area contributed by atoms with Crippen molar-refractivity contribution in [1.29, 1.82) is 0 Å². The minimum absolute atomic E-state index is 0.0780. The molecule has 1 amide bonds. The van der Waals surface area contributed by atoms with Crippen molar-refractivity contribution in [3.63, 3.8) is 0 Å². The zero-order valence-corrected chi connectivity index (χ0v) is 18.6. The number of hydrogen-bond donors (Lipinski definition) is 1. The molecule has 3 rings (SSSR count). The van der Waals surface area contributed by atoms with Gasteiger partial charge >= 0.3 is 0 Å². The third-order valence-corrected chi connectivity index (χ3v) is 5.89. The molecule has 6 nitrogen and oxygen atoms in total. The first-order valence-electron chi connectivity index (χ1n) is 9.68. The first-order chi connectivity index (χ1) is 13.6. The molecule has 0 bridgehead atoms. The molecule has 0 radical (unpaired) electrons. The lowest BCUT2D eigenvalue weighted by molar-refractivity contribution is -0.117. The van der Waals surface area contributed by atoms with E-state index in [9.17, 15) is 4.79 Å². The van der Waals surface area contributed by atoms with Gasteiger partial charge in [0, 0.05) is 12.2 Å². The summed E-state index contributed by atoms with van der Waals surface area (Å²) in [7, 11) is 0. The monoisotopic (exact) mass is 412 g/mol. The zero-order chi connectivity index (χ0) is 21.2. The quantitative estimate of drug-likeness (QED) is 0.551. The van der Waals surface area contributed by atoms with Crippen molar-refractivity contribution >= 4 is 23.4 Å². The van der Waals surface area contributed by atoms with Gasteiger partial charge in [-0.15, -0.1) is 10.2 Å². The van der Waals surface area contributed by atoms with Crippen LogP contribution in [0.3, 0.4) is 0 Å². The van der Waals surface area contributed by atoms with E-state index < -0.39 is 4.75 Å². The molecular formula is C22H28N4O2S. The van der Waals surface area contributed by atoms with Crippen LogP contribution in [0.25, 0.3) is 11.4 Å². The molecule has 3 aromatic rings. The number of aromatic nitrogens is 3. The van der Waals surface area contributed by atoms with E-state index >= 15 is 0 Å². The van der Waals surface area contributed by atoms with Crippen LogP contribution in [0.15, 0.2) is 52.4 Å². The summed E-state index contributed by atoms with van der Waals surface area (Å²) >= 11 is 1.40. The molecule has 7 heteroatoms. The Hall–Kier alpha value is -2.54. The largest absolute Gasteiger partial charge is 0.472 e. The molecule has 0 aliphatic carbocycles. The van der Waals surface area contributed by atoms with E-state index in [1.165, 1.54) is 17.3 Å². The second kappa shape index (κ2) is 8.06. The lowest BCUT2D eigenvalue weighted by atomic mass is 9.87. The van der Waals surface area contributed by atoms with Crippen LogP contribution >= 0.6 is 11.8 Å². The molecule has 1 N–H and O–H groups in total. The van der Waals surface area contributed by atoms with Crippen LogP contribution in [0.5, 0.6) is 0 Å². The molecule has 0 fully saturated rings. The molecule has 0 atom stereocenters. The number of nitrogens with zero attached hydrogens (tertiary/aromatic N) is 3. The van der Waals surface area contributed by atoms with E-state index in [2.05, 4.69) is 48.4 Å². The summed E-state index contributed by atoms with van der Waals surface area (Å²) in [5.41, 5.74) is 2.96. The van der Waals surface area contributed by atoms with Crippen LogP contribution in [-0.2, 0) is 16.8 Å². The summed E-state index contributed by atoms with van der Waals surface area (Å²) in [6, 6.07) is 9.86. The van der Waals surface area contributed by atoms with Gasteiger partial charge in [-0.25, -0.2) is 0 Å². The first-order valence-corrected chi connectivity index (χ1v) is 10.5. The third kappa shape index (κ3) is 4.72. The summed E-state index contributed by atoms with van der Waals surface area (Å²) in [4.78, 5) is 13.0. The standard InChI is InChI=1S/C22H28N4O2S/c1-7-26-18(15-12-13-28-14-15)24-25-20(26)29-22(5,6)19(27)23-17-10-8-16(9-11-17)21(2,3)4/h8-14H,7H2,1-6H3,(H,23,27). The Morgan fingerprint density at radius 3 is 2.34 bits per heavy atom. The molecule has 0 aliphatic heterocycles. The first kappa shape index (κ1) is 21.2. The Labute approximate surface area is 176 Å². The van der Waals surface area contributed by atoms with Gasteiger partial charge in [-0.3, -0.25) is 4.79 Å². The van der Waals surface area contributed by atoms with Crippen LogP contribution in [-0.4, -0.2) is 25.4 Å². The number of amides is 1. The zero-order valence-electron chi connectivity index (χ0n) is 17.8. The molecule has 2 heterocycles. The Morgan fingerprint density at radius 1 is 1.10 bits per heavy atom. The maximum atomic E-state index is 13.0. The third-order valence-electron chi connectivity index (χ3n) is 4.71. The Balaban J connectivity index is 1.75. The molecule has 154 valence electrons. The highest BCUT2D eigenvalue weighted by Gasteiger charge is 2.32. The van der Waals surface area contributed by atoms with Gasteiger partial charge in [0.2, 0.25) is 5.91 Å². The maximum absolute atomic E-state index is 13.0. The highest BCUT2D eigenvalue weighted by atomic mass is 32.2. The Morgan fingerprint density at radius 2 is 1.79 bits per heavy atom. The van der Waals surface area contributed by atoms with Crippen molar-refractivity contribution in [3.8, 4) is 11.4 Å². The van der Waals surface area contributed by atoms with Gasteiger partial charge in [0.1, 0.15) is 6.26 Å². The molecule has 0 saturated heterocycles. The van der Waals surface area contributed by atoms with Crippen molar-refractivity contribution < 1.29 is 9.21 Å². The van der Waals surface area contributed by atoms with Crippen LogP contribution in [0.4, 0.5) is 5.69 Å². The molecule has 29 heavy (non-hydrogen) atoms. The van der Waals surface area contributed by atoms with Gasteiger partial charge in [-0.2, -0.15) is 0 Å². The topological polar surface area (TPSA) is 73.0 Å². The minimum atomic E-state index is -0.726. The second-order valence-electron chi connectivity index (χ2n) is 8.46. The molecule has 0 spiro atoms. The average Bonchev–Trinajstić information content (AvgIpc) is 3.30. The predicted molar refractivity (Wildman–Crippen MR) is 117 cm³/mol. The van der Waals surface area contributed by atoms with Gasteiger partial charge in [-0.1, -0.05) is 44.7 Å². The van der Waals surface area contributed by atoms with Crippen LogP contribution < -0.4 is 5.32 Å². The number of thioether (sulfide) groups is 1. The van der Waals surface area contributed by atoms with Gasteiger partial charge < -0.3 is 14.3 Å². The maximum Gasteiger partial charge on any atom is 0.240 e. The van der Waals surface area contributed by atoms with Gasteiger partial charge in [0.15, 0.2) is 11.0 Å². The van der Waals surface area contributed by atoms with Gasteiger partial charge in [0.25, 0.3) is 0 Å². The predicted octanol–water partition coefficient (Wildman–Crippen LogP) is 5.36. The normalized spacial score (nSPS) is 12.2. The highest BCUT2D eigenvalue weighted by molar-refractivity contribution is 8.01. The fourth-order valence-electron chi connectivity index (χ4n) is 2.86. The lowest BCUT2D eigenvalue weighted by Crippen LogP contribution is -2.34. The SMILES string of the molecule is CCn1c(SC(C)(C)C(=O)Nc2ccc(C(C)(C)C)cc2)nnc1-c1ccoc1. The van der Waals surface area contributed by atoms with E-state index in [1.807, 2.05) is 43.5 Å². The Bertz CT molecular complexity index is 967. The number of benzene rings is 1. The number of rotatable bonds is 6. The average molecular weight is 413 g/mol. The number of hydrogen-bond acceptors (Lipinski definition) is 5. The van der Waals surface area contributed by atoms with E-state index in [4.69, 9.17) is 4.42 Å². The number of carbonyl (C=O) groups is 1. The number of anilines is 1. The fourth-order valence-corrected chi connectivity index (χ4v) is 3.87. The van der Waals surface area contributed by atoms with Crippen molar-refractivity contribution in [2.75, 3.05) is 5.32 Å². The van der Waals surface area contributed by atoms with Crippen LogP contribution in [0, 0.1) is 0 Å².